The quantitative estimate of drug-likeness (QED) is 0.642. The maximum absolute atomic E-state index is 12.3. The topological polar surface area (TPSA) is 102 Å². The molecule has 0 radical (unpaired) electrons. The molecule has 0 heterocycles. The number of aryl methyl sites for hydroxylation is 3. The molecule has 1 amide bonds. The van der Waals surface area contributed by atoms with Gasteiger partial charge < -0.3 is 10.1 Å². The first-order valence-corrected chi connectivity index (χ1v) is 10.7. The van der Waals surface area contributed by atoms with Crippen LogP contribution in [0.5, 0.6) is 0 Å². The van der Waals surface area contributed by atoms with Crippen molar-refractivity contribution >= 4 is 27.6 Å². The Labute approximate surface area is 171 Å². The van der Waals surface area contributed by atoms with E-state index in [4.69, 9.17) is 4.74 Å². The zero-order valence-electron chi connectivity index (χ0n) is 17.0. The second-order valence-electron chi connectivity index (χ2n) is 6.85. The van der Waals surface area contributed by atoms with Crippen LogP contribution in [0.3, 0.4) is 0 Å². The molecule has 2 rings (SSSR count). The highest BCUT2D eigenvalue weighted by molar-refractivity contribution is 7.89. The number of nitrogens with one attached hydrogen (secondary N) is 2. The predicted molar refractivity (Wildman–Crippen MR) is 111 cm³/mol. The van der Waals surface area contributed by atoms with Crippen molar-refractivity contribution in [3.05, 3.63) is 59.2 Å². The molecule has 0 fully saturated rings. The summed E-state index contributed by atoms with van der Waals surface area (Å²) >= 11 is 0. The molecular weight excluding hydrogens is 392 g/mol. The van der Waals surface area contributed by atoms with Crippen LogP contribution in [0, 0.1) is 20.8 Å². The monoisotopic (exact) mass is 418 g/mol. The van der Waals surface area contributed by atoms with Crippen LogP contribution in [0.1, 0.15) is 30.0 Å². The summed E-state index contributed by atoms with van der Waals surface area (Å²) < 4.78 is 31.9. The Hall–Kier alpha value is -2.71. The smallest absolute Gasteiger partial charge is 0.307 e. The van der Waals surface area contributed by atoms with E-state index in [1.165, 1.54) is 19.1 Å². The Bertz CT molecular complexity index is 964. The van der Waals surface area contributed by atoms with E-state index in [9.17, 15) is 18.0 Å². The van der Waals surface area contributed by atoms with Crippen molar-refractivity contribution < 1.29 is 22.7 Å². The summed E-state index contributed by atoms with van der Waals surface area (Å²) in [5, 5.41) is 2.76. The summed E-state index contributed by atoms with van der Waals surface area (Å²) in [5.41, 5.74) is 3.44. The van der Waals surface area contributed by atoms with Gasteiger partial charge in [0.05, 0.1) is 11.3 Å². The van der Waals surface area contributed by atoms with E-state index in [0.29, 0.717) is 5.69 Å². The number of esters is 1. The lowest BCUT2D eigenvalue weighted by atomic mass is 10.1. The summed E-state index contributed by atoms with van der Waals surface area (Å²) in [6.45, 7) is 6.95. The number of ether oxygens (including phenoxy) is 1. The van der Waals surface area contributed by atoms with Gasteiger partial charge in [-0.25, -0.2) is 13.1 Å². The predicted octanol–water partition coefficient (Wildman–Crippen LogP) is 2.85. The number of rotatable bonds is 8. The van der Waals surface area contributed by atoms with Gasteiger partial charge in [0, 0.05) is 12.2 Å². The molecule has 29 heavy (non-hydrogen) atoms. The van der Waals surface area contributed by atoms with Crippen molar-refractivity contribution in [3.8, 4) is 0 Å². The summed E-state index contributed by atoms with van der Waals surface area (Å²) in [6, 6.07) is 12.0. The van der Waals surface area contributed by atoms with Crippen LogP contribution in [-0.4, -0.2) is 32.9 Å². The number of carbonyl (C=O) groups is 2. The fourth-order valence-corrected chi connectivity index (χ4v) is 3.67. The van der Waals surface area contributed by atoms with Gasteiger partial charge in [0.15, 0.2) is 6.10 Å². The zero-order chi connectivity index (χ0) is 21.6. The third-order valence-corrected chi connectivity index (χ3v) is 5.84. The van der Waals surface area contributed by atoms with Gasteiger partial charge in [0.2, 0.25) is 10.0 Å². The molecule has 2 aromatic rings. The van der Waals surface area contributed by atoms with E-state index in [0.717, 1.165) is 16.7 Å². The van der Waals surface area contributed by atoms with Gasteiger partial charge in [0.25, 0.3) is 5.91 Å². The maximum atomic E-state index is 12.3. The fraction of sp³-hybridized carbons (Fsp3) is 0.333. The molecule has 0 unspecified atom stereocenters. The van der Waals surface area contributed by atoms with E-state index in [2.05, 4.69) is 10.0 Å². The highest BCUT2D eigenvalue weighted by Gasteiger charge is 2.20. The van der Waals surface area contributed by atoms with Crippen LogP contribution in [0.2, 0.25) is 0 Å². The molecule has 0 spiro atoms. The molecule has 0 aliphatic rings. The first-order chi connectivity index (χ1) is 13.6. The number of hydrogen-bond donors (Lipinski definition) is 2. The first-order valence-electron chi connectivity index (χ1n) is 9.23. The van der Waals surface area contributed by atoms with Gasteiger partial charge in [0.1, 0.15) is 0 Å². The minimum absolute atomic E-state index is 0.123. The summed E-state index contributed by atoms with van der Waals surface area (Å²) in [6.07, 6.45) is -1.19. The van der Waals surface area contributed by atoms with Crippen molar-refractivity contribution in [1.29, 1.82) is 0 Å². The number of amides is 1. The van der Waals surface area contributed by atoms with Crippen molar-refractivity contribution in [2.45, 2.75) is 45.1 Å². The fourth-order valence-electron chi connectivity index (χ4n) is 2.63. The Kier molecular flexibility index (Phi) is 7.53. The summed E-state index contributed by atoms with van der Waals surface area (Å²) in [5.74, 6) is -1.11. The van der Waals surface area contributed by atoms with Gasteiger partial charge in [-0.15, -0.1) is 0 Å². The largest absolute Gasteiger partial charge is 0.452 e. The number of anilines is 1. The molecule has 0 bridgehead atoms. The Morgan fingerprint density at radius 1 is 1.00 bits per heavy atom. The molecule has 1 atom stereocenters. The molecule has 2 aromatic carbocycles. The Morgan fingerprint density at radius 2 is 1.59 bits per heavy atom. The molecule has 0 aliphatic carbocycles. The van der Waals surface area contributed by atoms with Crippen molar-refractivity contribution in [3.63, 3.8) is 0 Å². The number of sulfonamides is 1. The van der Waals surface area contributed by atoms with Crippen molar-refractivity contribution in [1.82, 2.24) is 4.72 Å². The summed E-state index contributed by atoms with van der Waals surface area (Å²) in [4.78, 5) is 24.4. The van der Waals surface area contributed by atoms with Crippen LogP contribution in [0.4, 0.5) is 5.69 Å². The third kappa shape index (κ3) is 6.40. The Morgan fingerprint density at radius 3 is 2.17 bits per heavy atom. The molecule has 2 N–H and O–H groups in total. The van der Waals surface area contributed by atoms with Crippen LogP contribution < -0.4 is 10.0 Å². The minimum Gasteiger partial charge on any atom is -0.452 e. The lowest BCUT2D eigenvalue weighted by molar-refractivity contribution is -0.152. The van der Waals surface area contributed by atoms with Gasteiger partial charge in [-0.05, 0) is 51.0 Å². The molecule has 0 saturated heterocycles. The van der Waals surface area contributed by atoms with E-state index in [1.807, 2.05) is 39.0 Å². The van der Waals surface area contributed by atoms with E-state index in [-0.39, 0.29) is 17.9 Å². The van der Waals surface area contributed by atoms with Crippen LogP contribution in [-0.2, 0) is 24.3 Å². The maximum Gasteiger partial charge on any atom is 0.307 e. The molecule has 0 aromatic heterocycles. The summed E-state index contributed by atoms with van der Waals surface area (Å²) in [7, 11) is -3.70. The van der Waals surface area contributed by atoms with E-state index < -0.39 is 28.0 Å². The third-order valence-electron chi connectivity index (χ3n) is 4.36. The highest BCUT2D eigenvalue weighted by Crippen LogP contribution is 2.19. The average molecular weight is 419 g/mol. The number of para-hydroxylation sites is 1. The number of hydrogen-bond acceptors (Lipinski definition) is 5. The molecule has 0 saturated carbocycles. The van der Waals surface area contributed by atoms with Gasteiger partial charge in [-0.3, -0.25) is 9.59 Å². The first kappa shape index (κ1) is 22.6. The highest BCUT2D eigenvalue weighted by atomic mass is 32.2. The normalized spacial score (nSPS) is 12.3. The van der Waals surface area contributed by atoms with E-state index in [1.54, 1.807) is 12.1 Å². The Balaban J connectivity index is 1.84. The lowest BCUT2D eigenvalue weighted by Crippen LogP contribution is -2.32. The molecule has 156 valence electrons. The second-order valence-corrected chi connectivity index (χ2v) is 8.62. The standard InChI is InChI=1S/C21H26N2O5S/c1-14-8-10-18(11-9-14)29(26,27)22-13-12-19(24)28-17(4)21(25)23-20-15(2)6-5-7-16(20)3/h5-11,17,22H,12-13H2,1-4H3,(H,23,25)/t17-/m0/s1. The lowest BCUT2D eigenvalue weighted by Gasteiger charge is -2.16. The second kappa shape index (κ2) is 9.67. The van der Waals surface area contributed by atoms with E-state index >= 15 is 0 Å². The van der Waals surface area contributed by atoms with Crippen LogP contribution >= 0.6 is 0 Å². The molecule has 8 heteroatoms. The number of carbonyl (C=O) groups excluding carboxylic acids is 2. The van der Waals surface area contributed by atoms with Gasteiger partial charge in [-0.2, -0.15) is 0 Å². The minimum atomic E-state index is -3.70. The van der Waals surface area contributed by atoms with Gasteiger partial charge >= 0.3 is 5.97 Å². The molecular formula is C21H26N2O5S. The molecule has 7 nitrogen and oxygen atoms in total. The van der Waals surface area contributed by atoms with Crippen LogP contribution in [0.25, 0.3) is 0 Å². The number of benzene rings is 2. The van der Waals surface area contributed by atoms with Crippen molar-refractivity contribution in [2.75, 3.05) is 11.9 Å². The molecule has 0 aliphatic heterocycles. The van der Waals surface area contributed by atoms with Crippen molar-refractivity contribution in [2.24, 2.45) is 0 Å². The SMILES string of the molecule is Cc1ccc(S(=O)(=O)NCCC(=O)O[C@@H](C)C(=O)Nc2c(C)cccc2C)cc1. The van der Waals surface area contributed by atoms with Gasteiger partial charge in [-0.1, -0.05) is 35.9 Å². The average Bonchev–Trinajstić information content (AvgIpc) is 2.64. The van der Waals surface area contributed by atoms with Crippen LogP contribution in [0.15, 0.2) is 47.4 Å². The zero-order valence-corrected chi connectivity index (χ0v) is 17.8.